The molecule has 9 heteroatoms. The smallest absolute Gasteiger partial charge is 0.366 e. The topological polar surface area (TPSA) is 85.6 Å². The molecule has 0 aliphatic carbocycles. The second-order valence-corrected chi connectivity index (χ2v) is 6.20. The predicted molar refractivity (Wildman–Crippen MR) is 93.3 cm³/mol. The first-order valence-corrected chi connectivity index (χ1v) is 8.24. The molecule has 1 atom stereocenters. The molecule has 0 bridgehead atoms. The van der Waals surface area contributed by atoms with Crippen LogP contribution in [0.15, 0.2) is 30.3 Å². The number of benzene rings is 1. The van der Waals surface area contributed by atoms with Crippen LogP contribution >= 0.6 is 23.2 Å². The summed E-state index contributed by atoms with van der Waals surface area (Å²) in [4.78, 5) is 28.4. The first-order chi connectivity index (χ1) is 11.9. The van der Waals surface area contributed by atoms with E-state index in [-0.39, 0.29) is 24.1 Å². The third-order valence-corrected chi connectivity index (χ3v) is 4.53. The van der Waals surface area contributed by atoms with Gasteiger partial charge in [-0.25, -0.2) is 0 Å². The Hall–Kier alpha value is -2.38. The Labute approximate surface area is 153 Å². The summed E-state index contributed by atoms with van der Waals surface area (Å²) in [5.41, 5.74) is 0.537. The molecule has 0 spiro atoms. The molecule has 25 heavy (non-hydrogen) atoms. The molecular formula is C16H13Cl2N3O4. The lowest BCUT2D eigenvalue weighted by Crippen LogP contribution is -2.45. The molecule has 0 N–H and O–H groups in total. The SMILES string of the molecule is CCC1Oc2ccc([N+](=O)[O-])nc2N(Cc2c(Cl)cccc2Cl)C1=O. The van der Waals surface area contributed by atoms with Gasteiger partial charge in [-0.1, -0.05) is 36.2 Å². The Kier molecular flexibility index (Phi) is 4.78. The van der Waals surface area contributed by atoms with Gasteiger partial charge >= 0.3 is 5.82 Å². The summed E-state index contributed by atoms with van der Waals surface area (Å²) in [7, 11) is 0. The number of rotatable bonds is 4. The Bertz CT molecular complexity index is 839. The molecular weight excluding hydrogens is 369 g/mol. The number of carbonyl (C=O) groups is 1. The highest BCUT2D eigenvalue weighted by Gasteiger charge is 2.38. The maximum atomic E-state index is 12.7. The normalized spacial score (nSPS) is 16.4. The van der Waals surface area contributed by atoms with Crippen LogP contribution in [0.5, 0.6) is 5.75 Å². The zero-order valence-corrected chi connectivity index (χ0v) is 14.6. The van der Waals surface area contributed by atoms with Gasteiger partial charge in [0.15, 0.2) is 11.9 Å². The van der Waals surface area contributed by atoms with Gasteiger partial charge in [0.25, 0.3) is 11.7 Å². The van der Waals surface area contributed by atoms with Crippen LogP contribution in [0.25, 0.3) is 0 Å². The summed E-state index contributed by atoms with van der Waals surface area (Å²) in [5, 5.41) is 11.8. The summed E-state index contributed by atoms with van der Waals surface area (Å²) in [5.74, 6) is -0.334. The number of carbonyl (C=O) groups excluding carboxylic acids is 1. The standard InChI is InChI=1S/C16H13Cl2N3O4/c1-2-12-16(22)20(8-9-10(17)4-3-5-11(9)18)15-13(25-12)6-7-14(19-15)21(23)24/h3-7,12H,2,8H2,1H3. The fourth-order valence-electron chi connectivity index (χ4n) is 2.55. The van der Waals surface area contributed by atoms with E-state index in [4.69, 9.17) is 27.9 Å². The van der Waals surface area contributed by atoms with E-state index in [0.29, 0.717) is 27.8 Å². The minimum absolute atomic E-state index is 0.0400. The number of aromatic nitrogens is 1. The Balaban J connectivity index is 2.09. The lowest BCUT2D eigenvalue weighted by atomic mass is 10.1. The number of hydrogen-bond acceptors (Lipinski definition) is 5. The zero-order chi connectivity index (χ0) is 18.1. The highest BCUT2D eigenvalue weighted by Crippen LogP contribution is 2.37. The zero-order valence-electron chi connectivity index (χ0n) is 13.1. The third-order valence-electron chi connectivity index (χ3n) is 3.83. The number of pyridine rings is 1. The molecule has 3 rings (SSSR count). The lowest BCUT2D eigenvalue weighted by Gasteiger charge is -2.31. The van der Waals surface area contributed by atoms with Crippen molar-refractivity contribution in [2.45, 2.75) is 26.0 Å². The predicted octanol–water partition coefficient (Wildman–Crippen LogP) is 4.00. The first kappa shape index (κ1) is 17.4. The number of nitro groups is 1. The summed E-state index contributed by atoms with van der Waals surface area (Å²) >= 11 is 12.4. The number of amides is 1. The van der Waals surface area contributed by atoms with E-state index in [9.17, 15) is 14.9 Å². The van der Waals surface area contributed by atoms with Crippen LogP contribution in [0.3, 0.4) is 0 Å². The fraction of sp³-hybridized carbons (Fsp3) is 0.250. The molecule has 1 aromatic carbocycles. The number of halogens is 2. The van der Waals surface area contributed by atoms with Crippen molar-refractivity contribution in [3.63, 3.8) is 0 Å². The van der Waals surface area contributed by atoms with Gasteiger partial charge in [-0.2, -0.15) is 0 Å². The molecule has 1 aliphatic heterocycles. The molecule has 1 aliphatic rings. The molecule has 0 saturated carbocycles. The molecule has 1 aromatic heterocycles. The Morgan fingerprint density at radius 1 is 1.28 bits per heavy atom. The molecule has 2 heterocycles. The second kappa shape index (κ2) is 6.85. The van der Waals surface area contributed by atoms with Gasteiger partial charge < -0.3 is 14.9 Å². The first-order valence-electron chi connectivity index (χ1n) is 7.48. The minimum atomic E-state index is -0.697. The van der Waals surface area contributed by atoms with Gasteiger partial charge in [-0.15, -0.1) is 0 Å². The van der Waals surface area contributed by atoms with Gasteiger partial charge in [0.1, 0.15) is 0 Å². The van der Waals surface area contributed by atoms with Gasteiger partial charge in [0, 0.05) is 21.7 Å². The lowest BCUT2D eigenvalue weighted by molar-refractivity contribution is -0.389. The summed E-state index contributed by atoms with van der Waals surface area (Å²) in [6, 6.07) is 7.69. The minimum Gasteiger partial charge on any atom is -0.474 e. The van der Waals surface area contributed by atoms with E-state index in [1.165, 1.54) is 17.0 Å². The van der Waals surface area contributed by atoms with E-state index in [2.05, 4.69) is 4.98 Å². The summed E-state index contributed by atoms with van der Waals surface area (Å²) in [6.07, 6.45) is -0.251. The number of hydrogen-bond donors (Lipinski definition) is 0. The number of ether oxygens (including phenoxy) is 1. The number of fused-ring (bicyclic) bond motifs is 1. The average molecular weight is 382 g/mol. The van der Waals surface area contributed by atoms with Crippen LogP contribution in [-0.2, 0) is 11.3 Å². The summed E-state index contributed by atoms with van der Waals surface area (Å²) < 4.78 is 5.61. The molecule has 1 amide bonds. The van der Waals surface area contributed by atoms with Crippen LogP contribution in [0.4, 0.5) is 11.6 Å². The van der Waals surface area contributed by atoms with E-state index in [0.717, 1.165) is 0 Å². The van der Waals surface area contributed by atoms with Crippen LogP contribution < -0.4 is 9.64 Å². The molecule has 130 valence electrons. The van der Waals surface area contributed by atoms with Crippen molar-refractivity contribution in [1.29, 1.82) is 0 Å². The maximum Gasteiger partial charge on any atom is 0.366 e. The fourth-order valence-corrected chi connectivity index (χ4v) is 3.06. The molecule has 0 radical (unpaired) electrons. The van der Waals surface area contributed by atoms with Gasteiger partial charge in [-0.3, -0.25) is 9.69 Å². The van der Waals surface area contributed by atoms with E-state index >= 15 is 0 Å². The second-order valence-electron chi connectivity index (χ2n) is 5.39. The van der Waals surface area contributed by atoms with E-state index in [1.54, 1.807) is 18.2 Å². The Morgan fingerprint density at radius 2 is 1.96 bits per heavy atom. The molecule has 7 nitrogen and oxygen atoms in total. The third kappa shape index (κ3) is 3.25. The highest BCUT2D eigenvalue weighted by molar-refractivity contribution is 6.36. The Morgan fingerprint density at radius 3 is 2.56 bits per heavy atom. The maximum absolute atomic E-state index is 12.7. The molecule has 0 fully saturated rings. The van der Waals surface area contributed by atoms with Gasteiger partial charge in [0.05, 0.1) is 6.54 Å². The van der Waals surface area contributed by atoms with Crippen LogP contribution in [0, 0.1) is 10.1 Å². The van der Waals surface area contributed by atoms with Crippen molar-refractivity contribution in [3.8, 4) is 5.75 Å². The average Bonchev–Trinajstić information content (AvgIpc) is 2.59. The van der Waals surface area contributed by atoms with Crippen molar-refractivity contribution in [2.75, 3.05) is 4.90 Å². The van der Waals surface area contributed by atoms with Crippen molar-refractivity contribution >= 4 is 40.7 Å². The number of nitrogens with zero attached hydrogens (tertiary/aromatic N) is 3. The molecule has 1 unspecified atom stereocenters. The van der Waals surface area contributed by atoms with Crippen molar-refractivity contribution in [2.24, 2.45) is 0 Å². The van der Waals surface area contributed by atoms with Crippen molar-refractivity contribution in [1.82, 2.24) is 4.98 Å². The quantitative estimate of drug-likeness (QED) is 0.589. The molecule has 2 aromatic rings. The van der Waals surface area contributed by atoms with Crippen LogP contribution in [-0.4, -0.2) is 21.9 Å². The summed E-state index contributed by atoms with van der Waals surface area (Å²) in [6.45, 7) is 1.85. The van der Waals surface area contributed by atoms with Gasteiger partial charge in [-0.05, 0) is 34.5 Å². The van der Waals surface area contributed by atoms with Gasteiger partial charge in [0.2, 0.25) is 0 Å². The molecule has 0 saturated heterocycles. The largest absolute Gasteiger partial charge is 0.474 e. The van der Waals surface area contributed by atoms with Crippen LogP contribution in [0.2, 0.25) is 10.0 Å². The van der Waals surface area contributed by atoms with Crippen molar-refractivity contribution < 1.29 is 14.5 Å². The van der Waals surface area contributed by atoms with Crippen molar-refractivity contribution in [3.05, 3.63) is 56.1 Å². The van der Waals surface area contributed by atoms with E-state index < -0.39 is 11.0 Å². The number of anilines is 1. The highest BCUT2D eigenvalue weighted by atomic mass is 35.5. The van der Waals surface area contributed by atoms with E-state index in [1.807, 2.05) is 6.92 Å². The van der Waals surface area contributed by atoms with Crippen LogP contribution in [0.1, 0.15) is 18.9 Å². The monoisotopic (exact) mass is 381 g/mol.